The van der Waals surface area contributed by atoms with Crippen molar-refractivity contribution >= 4 is 23.4 Å². The van der Waals surface area contributed by atoms with Crippen molar-refractivity contribution in [3.05, 3.63) is 119 Å². The van der Waals surface area contributed by atoms with Crippen molar-refractivity contribution in [1.82, 2.24) is 60.8 Å². The molecule has 0 saturated carbocycles. The van der Waals surface area contributed by atoms with Crippen molar-refractivity contribution in [2.75, 3.05) is 56.4 Å². The first kappa shape index (κ1) is 47.3. The Morgan fingerprint density at radius 2 is 1.30 bits per heavy atom. The number of nitrogens with zero attached hydrogens (tertiary/aromatic N) is 10. The number of halogens is 2. The van der Waals surface area contributed by atoms with Gasteiger partial charge < -0.3 is 31.1 Å². The van der Waals surface area contributed by atoms with Gasteiger partial charge in [0.2, 0.25) is 0 Å². The number of benzene rings is 4. The minimum Gasteiger partial charge on any atom is -0.338 e. The van der Waals surface area contributed by atoms with Crippen LogP contribution in [0.1, 0.15) is 61.4 Å². The molecule has 0 unspecified atom stereocenters. The lowest BCUT2D eigenvalue weighted by Gasteiger charge is -2.33. The van der Waals surface area contributed by atoms with Crippen molar-refractivity contribution < 1.29 is 24.1 Å². The Hall–Kier alpha value is -6.66. The fourth-order valence-electron chi connectivity index (χ4n) is 8.54. The molecule has 0 aliphatic carbocycles. The van der Waals surface area contributed by atoms with Gasteiger partial charge in [-0.05, 0) is 169 Å². The number of hydrogen-bond donors (Lipinski definition) is 4. The second-order valence-corrected chi connectivity index (χ2v) is 17.1. The molecule has 4 N–H and O–H groups in total. The molecule has 356 valence electrons. The number of aryl methyl sites for hydroxylation is 4. The van der Waals surface area contributed by atoms with Crippen LogP contribution in [0.3, 0.4) is 0 Å². The number of carbonyl (C=O) groups excluding carboxylic acids is 2. The maximum absolute atomic E-state index is 13.1. The van der Waals surface area contributed by atoms with Gasteiger partial charge in [-0.2, -0.15) is 0 Å². The summed E-state index contributed by atoms with van der Waals surface area (Å²) in [5.41, 5.74) is 6.50. The van der Waals surface area contributed by atoms with Gasteiger partial charge in [0.1, 0.15) is 11.6 Å². The van der Waals surface area contributed by atoms with Gasteiger partial charge in [0.25, 0.3) is 0 Å². The summed E-state index contributed by atoms with van der Waals surface area (Å²) in [6, 6.07) is 26.5. The minimum absolute atomic E-state index is 0. The molecular formula is C48H68F2N14O2. The van der Waals surface area contributed by atoms with E-state index in [1.54, 1.807) is 23.5 Å². The van der Waals surface area contributed by atoms with Gasteiger partial charge in [0, 0.05) is 74.5 Å². The number of carbonyl (C=O) groups is 2. The smallest absolute Gasteiger partial charge is 0.319 e. The van der Waals surface area contributed by atoms with Gasteiger partial charge in [-0.1, -0.05) is 43.3 Å². The molecule has 4 amide bonds. The molecule has 0 bridgehead atoms. The summed E-state index contributed by atoms with van der Waals surface area (Å²) >= 11 is 0. The summed E-state index contributed by atoms with van der Waals surface area (Å²) in [7, 11) is 3.57. The first-order valence-electron chi connectivity index (χ1n) is 22.8. The van der Waals surface area contributed by atoms with E-state index in [4.69, 9.17) is 0 Å². The van der Waals surface area contributed by atoms with Crippen LogP contribution in [-0.4, -0.2) is 114 Å². The molecule has 16 nitrogen and oxygen atoms in total. The predicted molar refractivity (Wildman–Crippen MR) is 259 cm³/mol. The van der Waals surface area contributed by atoms with Crippen LogP contribution in [0.2, 0.25) is 0 Å². The first-order valence-corrected chi connectivity index (χ1v) is 22.8. The molecule has 0 radical (unpaired) electrons. The SMILES string of the molecule is CCc1cc(NC(=O)N[C@@H]2CCCN(CCCc3ccc(F)cc3)C2)cc(-c2nnnn2C)c1.Cn1nnnc1-c1cccc(NC(=O)NC[C@H]2CCCN(CCc3ccc(F)cc3)C2)c1.[HH].[HH].[HH].[HH]. The number of likely N-dealkylation sites (tertiary alicyclic amines) is 2. The van der Waals surface area contributed by atoms with E-state index in [9.17, 15) is 18.4 Å². The van der Waals surface area contributed by atoms with Gasteiger partial charge in [-0.15, -0.1) is 10.2 Å². The van der Waals surface area contributed by atoms with Gasteiger partial charge in [0.15, 0.2) is 11.6 Å². The monoisotopic (exact) mass is 911 g/mol. The second-order valence-electron chi connectivity index (χ2n) is 17.1. The lowest BCUT2D eigenvalue weighted by Crippen LogP contribution is -2.49. The number of urea groups is 2. The fourth-order valence-corrected chi connectivity index (χ4v) is 8.54. The Kier molecular flexibility index (Phi) is 16.8. The van der Waals surface area contributed by atoms with Crippen LogP contribution in [0.5, 0.6) is 0 Å². The van der Waals surface area contributed by atoms with Crippen LogP contribution in [0, 0.1) is 17.6 Å². The molecule has 0 spiro atoms. The van der Waals surface area contributed by atoms with Crippen LogP contribution >= 0.6 is 0 Å². The number of hydrogen-bond acceptors (Lipinski definition) is 10. The highest BCUT2D eigenvalue weighted by Gasteiger charge is 2.23. The number of piperidine rings is 2. The topological polar surface area (TPSA) is 176 Å². The molecule has 18 heteroatoms. The van der Waals surface area contributed by atoms with E-state index < -0.39 is 0 Å². The molecule has 4 heterocycles. The summed E-state index contributed by atoms with van der Waals surface area (Å²) in [6.07, 6.45) is 7.90. The van der Waals surface area contributed by atoms with Crippen LogP contribution in [0.25, 0.3) is 22.8 Å². The summed E-state index contributed by atoms with van der Waals surface area (Å²) < 4.78 is 29.3. The van der Waals surface area contributed by atoms with Crippen LogP contribution < -0.4 is 21.3 Å². The summed E-state index contributed by atoms with van der Waals surface area (Å²) in [6.45, 7) is 8.50. The predicted octanol–water partition coefficient (Wildman–Crippen LogP) is 7.87. The van der Waals surface area contributed by atoms with Crippen LogP contribution in [0.4, 0.5) is 29.7 Å². The zero-order valence-electron chi connectivity index (χ0n) is 38.0. The van der Waals surface area contributed by atoms with Crippen LogP contribution in [-0.2, 0) is 33.4 Å². The number of rotatable bonds is 15. The van der Waals surface area contributed by atoms with Gasteiger partial charge in [-0.25, -0.2) is 27.7 Å². The number of nitrogens with one attached hydrogen (secondary N) is 4. The zero-order valence-corrected chi connectivity index (χ0v) is 38.0. The van der Waals surface area contributed by atoms with E-state index in [0.717, 1.165) is 124 Å². The molecule has 2 fully saturated rings. The highest BCUT2D eigenvalue weighted by Crippen LogP contribution is 2.24. The summed E-state index contributed by atoms with van der Waals surface area (Å²) in [5.74, 6) is 1.31. The zero-order chi connectivity index (χ0) is 46.3. The van der Waals surface area contributed by atoms with E-state index in [2.05, 4.69) is 69.0 Å². The first-order chi connectivity index (χ1) is 32.1. The Bertz CT molecular complexity index is 2500. The van der Waals surface area contributed by atoms with Crippen LogP contribution in [0.15, 0.2) is 91.0 Å². The van der Waals surface area contributed by atoms with E-state index in [-0.39, 0.29) is 35.4 Å². The average molecular weight is 911 g/mol. The fraction of sp³-hybridized carbons (Fsp3) is 0.417. The molecular weight excluding hydrogens is 843 g/mol. The average Bonchev–Trinajstić information content (AvgIpc) is 3.96. The molecule has 66 heavy (non-hydrogen) atoms. The molecule has 2 aliphatic rings. The Balaban J connectivity index is 0.000000351. The minimum atomic E-state index is -0.221. The molecule has 4 aromatic carbocycles. The highest BCUT2D eigenvalue weighted by atomic mass is 19.1. The number of aromatic nitrogens is 8. The van der Waals surface area contributed by atoms with Gasteiger partial charge in [0.05, 0.1) is 0 Å². The molecule has 2 aliphatic heterocycles. The molecule has 6 aromatic rings. The maximum atomic E-state index is 13.1. The third kappa shape index (κ3) is 14.2. The summed E-state index contributed by atoms with van der Waals surface area (Å²) in [5, 5.41) is 35.2. The van der Waals surface area contributed by atoms with E-state index >= 15 is 0 Å². The maximum Gasteiger partial charge on any atom is 0.319 e. The molecule has 2 aromatic heterocycles. The lowest BCUT2D eigenvalue weighted by atomic mass is 9.97. The van der Waals surface area contributed by atoms with E-state index in [0.29, 0.717) is 29.8 Å². The number of amides is 4. The molecule has 2 saturated heterocycles. The summed E-state index contributed by atoms with van der Waals surface area (Å²) in [4.78, 5) is 30.0. The normalized spacial score (nSPS) is 16.5. The van der Waals surface area contributed by atoms with Crippen molar-refractivity contribution in [2.45, 2.75) is 64.3 Å². The number of anilines is 2. The standard InChI is InChI=1S/C25H32FN7O.C23H28FN7O.4H2/c1-3-18-14-20(24-29-30-31-32(24)2)16-23(15-18)28-25(34)27-22-7-5-13-33(17-22)12-4-6-19-8-10-21(26)11-9-19;1-30-22(27-28-29-30)19-5-2-6-21(14-19)26-23(32)25-15-18-4-3-12-31(16-18)13-11-17-7-9-20(24)10-8-17;;;;/h8-11,14-16,22H,3-7,12-13,17H2,1-2H3,(H2,27,28,34);2,5-10,14,18H,3-4,11-13,15-16H2,1H3,(H2,25,26,32);4*1H/t22-;18-;;;;/m11..../s1. The third-order valence-corrected chi connectivity index (χ3v) is 12.0. The molecule has 2 atom stereocenters. The third-order valence-electron chi connectivity index (χ3n) is 12.0. The quantitative estimate of drug-likeness (QED) is 0.0794. The Morgan fingerprint density at radius 1 is 0.682 bits per heavy atom. The van der Waals surface area contributed by atoms with Crippen molar-refractivity contribution in [3.63, 3.8) is 0 Å². The van der Waals surface area contributed by atoms with Gasteiger partial charge >= 0.3 is 12.1 Å². The second kappa shape index (κ2) is 23.5. The van der Waals surface area contributed by atoms with E-state index in [1.807, 2.05) is 66.7 Å². The van der Waals surface area contributed by atoms with Crippen molar-refractivity contribution in [2.24, 2.45) is 20.0 Å². The lowest BCUT2D eigenvalue weighted by molar-refractivity contribution is 0.174. The molecule has 8 rings (SSSR count). The van der Waals surface area contributed by atoms with E-state index in [1.165, 1.54) is 24.3 Å². The van der Waals surface area contributed by atoms with Crippen molar-refractivity contribution in [1.29, 1.82) is 0 Å². The Morgan fingerprint density at radius 3 is 1.97 bits per heavy atom. The largest absolute Gasteiger partial charge is 0.338 e. The number of tetrazole rings is 2. The van der Waals surface area contributed by atoms with Crippen molar-refractivity contribution in [3.8, 4) is 22.8 Å². The highest BCUT2D eigenvalue weighted by molar-refractivity contribution is 5.91. The van der Waals surface area contributed by atoms with Gasteiger partial charge in [-0.3, -0.25) is 0 Å². The Labute approximate surface area is 390 Å².